The van der Waals surface area contributed by atoms with Crippen LogP contribution in [0.3, 0.4) is 0 Å². The van der Waals surface area contributed by atoms with E-state index in [0.29, 0.717) is 24.4 Å². The Bertz CT molecular complexity index is 848. The predicted octanol–water partition coefficient (Wildman–Crippen LogP) is 1.78. The van der Waals surface area contributed by atoms with E-state index in [-0.39, 0.29) is 31.5 Å². The van der Waals surface area contributed by atoms with Crippen LogP contribution in [0.2, 0.25) is 0 Å². The molecule has 1 aliphatic carbocycles. The van der Waals surface area contributed by atoms with Crippen molar-refractivity contribution in [3.63, 3.8) is 0 Å². The van der Waals surface area contributed by atoms with Gasteiger partial charge in [0.25, 0.3) is 5.91 Å². The van der Waals surface area contributed by atoms with Gasteiger partial charge in [-0.3, -0.25) is 19.3 Å². The number of hydrogen-bond acceptors (Lipinski definition) is 5. The molecule has 0 atom stereocenters. The zero-order valence-electron chi connectivity index (χ0n) is 18.0. The van der Waals surface area contributed by atoms with Crippen LogP contribution < -0.4 is 16.0 Å². The van der Waals surface area contributed by atoms with Gasteiger partial charge in [-0.25, -0.2) is 4.79 Å². The van der Waals surface area contributed by atoms with Gasteiger partial charge in [0.2, 0.25) is 11.8 Å². The molecule has 31 heavy (non-hydrogen) atoms. The Hall–Kier alpha value is -2.94. The van der Waals surface area contributed by atoms with Gasteiger partial charge < -0.3 is 20.7 Å². The Balaban J connectivity index is 1.52. The van der Waals surface area contributed by atoms with Crippen molar-refractivity contribution in [2.75, 3.05) is 25.6 Å². The molecule has 3 N–H and O–H groups in total. The largest absolute Gasteiger partial charge is 0.375 e. The molecule has 3 rings (SSSR count). The number of ether oxygens (including phenoxy) is 1. The van der Waals surface area contributed by atoms with E-state index < -0.39 is 17.5 Å². The second-order valence-corrected chi connectivity index (χ2v) is 8.21. The maximum absolute atomic E-state index is 12.9. The quantitative estimate of drug-likeness (QED) is 0.544. The van der Waals surface area contributed by atoms with Crippen molar-refractivity contribution >= 4 is 29.4 Å². The molecule has 1 aliphatic heterocycles. The van der Waals surface area contributed by atoms with Crippen LogP contribution in [0.4, 0.5) is 10.5 Å². The van der Waals surface area contributed by atoms with Gasteiger partial charge in [-0.2, -0.15) is 0 Å². The number of hydrogen-bond donors (Lipinski definition) is 3. The van der Waals surface area contributed by atoms with Crippen LogP contribution in [0.5, 0.6) is 0 Å². The number of carbonyl (C=O) groups is 4. The first kappa shape index (κ1) is 22.7. The summed E-state index contributed by atoms with van der Waals surface area (Å²) in [6, 6.07) is 6.54. The van der Waals surface area contributed by atoms with Gasteiger partial charge in [0.15, 0.2) is 0 Å². The third kappa shape index (κ3) is 5.41. The van der Waals surface area contributed by atoms with E-state index in [1.54, 1.807) is 24.3 Å². The molecule has 2 fully saturated rings. The highest BCUT2D eigenvalue weighted by Crippen LogP contribution is 2.37. The Morgan fingerprint density at radius 1 is 1.23 bits per heavy atom. The zero-order valence-corrected chi connectivity index (χ0v) is 18.0. The monoisotopic (exact) mass is 430 g/mol. The van der Waals surface area contributed by atoms with Crippen LogP contribution >= 0.6 is 0 Å². The number of urea groups is 1. The van der Waals surface area contributed by atoms with Crippen molar-refractivity contribution in [2.45, 2.75) is 51.1 Å². The molecule has 2 aliphatic rings. The first-order chi connectivity index (χ1) is 14.9. The summed E-state index contributed by atoms with van der Waals surface area (Å²) >= 11 is 0. The first-order valence-corrected chi connectivity index (χ1v) is 10.7. The van der Waals surface area contributed by atoms with Crippen molar-refractivity contribution in [2.24, 2.45) is 5.92 Å². The Morgan fingerprint density at radius 3 is 2.65 bits per heavy atom. The average molecular weight is 431 g/mol. The fraction of sp³-hybridized carbons (Fsp3) is 0.545. The second kappa shape index (κ2) is 9.91. The predicted molar refractivity (Wildman–Crippen MR) is 114 cm³/mol. The summed E-state index contributed by atoms with van der Waals surface area (Å²) in [4.78, 5) is 50.3. The normalized spacial score (nSPS) is 23.0. The molecule has 9 nitrogen and oxygen atoms in total. The van der Waals surface area contributed by atoms with Gasteiger partial charge in [0.1, 0.15) is 18.7 Å². The summed E-state index contributed by atoms with van der Waals surface area (Å²) < 4.78 is 4.78. The lowest BCUT2D eigenvalue weighted by Gasteiger charge is -2.34. The molecule has 168 valence electrons. The van der Waals surface area contributed by atoms with Crippen molar-refractivity contribution in [1.82, 2.24) is 15.5 Å². The fourth-order valence-electron chi connectivity index (χ4n) is 4.22. The van der Waals surface area contributed by atoms with E-state index >= 15 is 0 Å². The summed E-state index contributed by atoms with van der Waals surface area (Å²) in [5, 5.41) is 8.26. The van der Waals surface area contributed by atoms with Crippen LogP contribution in [0, 0.1) is 5.92 Å². The fourth-order valence-corrected chi connectivity index (χ4v) is 4.22. The average Bonchev–Trinajstić information content (AvgIpc) is 2.97. The summed E-state index contributed by atoms with van der Waals surface area (Å²) in [5.74, 6) is -0.409. The lowest BCUT2D eigenvalue weighted by molar-refractivity contribution is -0.136. The molecule has 0 bridgehead atoms. The Kier molecular flexibility index (Phi) is 7.27. The standard InChI is InChI=1S/C22H30N4O5/c1-3-15-7-9-22(10-8-15)20(29)26(21(30)25-22)13-18(27)23-12-16-5-4-6-17(11-16)24-19(28)14-31-2/h4-6,11,15H,3,7-10,12-14H2,1-2H3,(H,23,27)(H,24,28)(H,25,30). The first-order valence-electron chi connectivity index (χ1n) is 10.7. The summed E-state index contributed by atoms with van der Waals surface area (Å²) in [7, 11) is 1.44. The molecule has 1 saturated heterocycles. The lowest BCUT2D eigenvalue weighted by Crippen LogP contribution is -2.50. The number of rotatable bonds is 8. The number of imide groups is 1. The Morgan fingerprint density at radius 2 is 1.97 bits per heavy atom. The van der Waals surface area contributed by atoms with Gasteiger partial charge in [-0.15, -0.1) is 0 Å². The van der Waals surface area contributed by atoms with Crippen LogP contribution in [0.15, 0.2) is 24.3 Å². The van der Waals surface area contributed by atoms with Crippen LogP contribution in [0.25, 0.3) is 0 Å². The minimum Gasteiger partial charge on any atom is -0.375 e. The number of anilines is 1. The topological polar surface area (TPSA) is 117 Å². The maximum atomic E-state index is 12.9. The van der Waals surface area contributed by atoms with E-state index in [0.717, 1.165) is 29.7 Å². The number of nitrogens with one attached hydrogen (secondary N) is 3. The van der Waals surface area contributed by atoms with E-state index in [2.05, 4.69) is 22.9 Å². The van der Waals surface area contributed by atoms with E-state index in [1.807, 2.05) is 0 Å². The molecule has 0 unspecified atom stereocenters. The van der Waals surface area contributed by atoms with Gasteiger partial charge in [0.05, 0.1) is 0 Å². The van der Waals surface area contributed by atoms with Crippen LogP contribution in [-0.2, 0) is 25.7 Å². The lowest BCUT2D eigenvalue weighted by atomic mass is 9.75. The highest BCUT2D eigenvalue weighted by atomic mass is 16.5. The summed E-state index contributed by atoms with van der Waals surface area (Å²) in [5.41, 5.74) is 0.514. The summed E-state index contributed by atoms with van der Waals surface area (Å²) in [6.45, 7) is 1.98. The maximum Gasteiger partial charge on any atom is 0.325 e. The van der Waals surface area contributed by atoms with E-state index in [9.17, 15) is 19.2 Å². The molecule has 5 amide bonds. The van der Waals surface area contributed by atoms with Crippen molar-refractivity contribution < 1.29 is 23.9 Å². The third-order valence-electron chi connectivity index (χ3n) is 6.06. The molecule has 9 heteroatoms. The molecular formula is C22H30N4O5. The molecule has 1 aromatic carbocycles. The SMILES string of the molecule is CCC1CCC2(CC1)NC(=O)N(CC(=O)NCc1cccc(NC(=O)COC)c1)C2=O. The van der Waals surface area contributed by atoms with E-state index in [1.165, 1.54) is 7.11 Å². The van der Waals surface area contributed by atoms with Crippen LogP contribution in [-0.4, -0.2) is 54.5 Å². The smallest absolute Gasteiger partial charge is 0.325 e. The molecule has 1 aromatic rings. The van der Waals surface area contributed by atoms with Gasteiger partial charge in [-0.1, -0.05) is 25.5 Å². The third-order valence-corrected chi connectivity index (χ3v) is 6.06. The van der Waals surface area contributed by atoms with Gasteiger partial charge in [0, 0.05) is 19.3 Å². The van der Waals surface area contributed by atoms with Crippen LogP contribution in [0.1, 0.15) is 44.6 Å². The highest BCUT2D eigenvalue weighted by molar-refractivity contribution is 6.09. The number of carbonyl (C=O) groups excluding carboxylic acids is 4. The minimum atomic E-state index is -0.849. The molecule has 1 heterocycles. The minimum absolute atomic E-state index is 0.0481. The van der Waals surface area contributed by atoms with Crippen molar-refractivity contribution in [3.8, 4) is 0 Å². The van der Waals surface area contributed by atoms with Crippen molar-refractivity contribution in [1.29, 1.82) is 0 Å². The van der Waals surface area contributed by atoms with Gasteiger partial charge >= 0.3 is 6.03 Å². The Labute approximate surface area is 181 Å². The second-order valence-electron chi connectivity index (χ2n) is 8.21. The summed E-state index contributed by atoms with van der Waals surface area (Å²) in [6.07, 6.45) is 4.12. The molecule has 0 radical (unpaired) electrons. The number of methoxy groups -OCH3 is 1. The van der Waals surface area contributed by atoms with Crippen molar-refractivity contribution in [3.05, 3.63) is 29.8 Å². The highest BCUT2D eigenvalue weighted by Gasteiger charge is 2.52. The van der Waals surface area contributed by atoms with Gasteiger partial charge in [-0.05, 0) is 49.3 Å². The zero-order chi connectivity index (χ0) is 22.4. The molecule has 1 spiro atoms. The number of nitrogens with zero attached hydrogens (tertiary/aromatic N) is 1. The molecular weight excluding hydrogens is 400 g/mol. The molecule has 1 saturated carbocycles. The number of amides is 5. The molecule has 0 aromatic heterocycles. The van der Waals surface area contributed by atoms with E-state index in [4.69, 9.17) is 4.74 Å². The number of benzene rings is 1.